The summed E-state index contributed by atoms with van der Waals surface area (Å²) in [5.41, 5.74) is 4.77. The number of unbranched alkanes of at least 4 members (excludes halogenated alkanes) is 6. The van der Waals surface area contributed by atoms with Gasteiger partial charge in [-0.15, -0.1) is 0 Å². The van der Waals surface area contributed by atoms with Gasteiger partial charge < -0.3 is 20.7 Å². The minimum Gasteiger partial charge on any atom is -0.548 e. The summed E-state index contributed by atoms with van der Waals surface area (Å²) in [4.78, 5) is 19.6. The molecule has 0 heterocycles. The van der Waals surface area contributed by atoms with Crippen molar-refractivity contribution in [3.8, 4) is 0 Å². The molecule has 0 unspecified atom stereocenters. The molecule has 0 aliphatic heterocycles. The number of hydrogen-bond acceptors (Lipinski definition) is 4. The van der Waals surface area contributed by atoms with Crippen molar-refractivity contribution in [3.05, 3.63) is 0 Å². The fraction of sp³-hybridized carbons (Fsp3) is 0.846. The third-order valence-corrected chi connectivity index (χ3v) is 2.37. The van der Waals surface area contributed by atoms with Gasteiger partial charge in [0, 0.05) is 12.5 Å². The molecule has 0 rings (SSSR count). The topological polar surface area (TPSA) is 103 Å². The van der Waals surface area contributed by atoms with E-state index in [0.717, 1.165) is 12.8 Å². The Morgan fingerprint density at radius 3 is 1.79 bits per heavy atom. The van der Waals surface area contributed by atoms with Crippen molar-refractivity contribution in [3.63, 3.8) is 0 Å². The third-order valence-electron chi connectivity index (χ3n) is 2.37. The van der Waals surface area contributed by atoms with E-state index in [2.05, 4.69) is 6.92 Å². The molecule has 0 saturated carbocycles. The zero-order valence-corrected chi connectivity index (χ0v) is 14.5. The minimum absolute atomic E-state index is 0. The van der Waals surface area contributed by atoms with Crippen LogP contribution in [-0.4, -0.2) is 23.1 Å². The summed E-state index contributed by atoms with van der Waals surface area (Å²) in [5.74, 6) is -1.88. The van der Waals surface area contributed by atoms with E-state index in [1.807, 2.05) is 0 Å². The van der Waals surface area contributed by atoms with Crippen LogP contribution < -0.4 is 40.4 Å². The molecule has 0 saturated heterocycles. The number of carboxylic acid groups (broad SMARTS) is 2. The van der Waals surface area contributed by atoms with Crippen LogP contribution in [0.25, 0.3) is 0 Å². The maximum Gasteiger partial charge on any atom is 1.00 e. The molecule has 6 heteroatoms. The molecule has 0 radical (unpaired) electrons. The molecule has 108 valence electrons. The second-order valence-electron chi connectivity index (χ2n) is 4.37. The number of carbonyl (C=O) groups excluding carboxylic acids is 1. The quantitative estimate of drug-likeness (QED) is 0.388. The SMILES string of the molecule is CCCCCCCCCC(=O)O.C[C@H](N)C(=O)[O-].[Na+]. The number of carboxylic acids is 2. The maximum atomic E-state index is 10.1. The molecule has 0 fully saturated rings. The summed E-state index contributed by atoms with van der Waals surface area (Å²) in [6, 6.07) is -0.843. The van der Waals surface area contributed by atoms with Crippen LogP contribution in [0, 0.1) is 0 Å². The Bertz CT molecular complexity index is 223. The first-order chi connectivity index (χ1) is 8.41. The Balaban J connectivity index is -0.000000313. The number of carbonyl (C=O) groups is 2. The van der Waals surface area contributed by atoms with E-state index in [1.165, 1.54) is 39.0 Å². The van der Waals surface area contributed by atoms with Crippen molar-refractivity contribution in [2.45, 2.75) is 71.3 Å². The van der Waals surface area contributed by atoms with E-state index in [1.54, 1.807) is 0 Å². The summed E-state index contributed by atoms with van der Waals surface area (Å²) in [6.45, 7) is 3.56. The first-order valence-corrected chi connectivity index (χ1v) is 6.60. The van der Waals surface area contributed by atoms with E-state index >= 15 is 0 Å². The van der Waals surface area contributed by atoms with Gasteiger partial charge in [0.2, 0.25) is 0 Å². The summed E-state index contributed by atoms with van der Waals surface area (Å²) < 4.78 is 0. The third kappa shape index (κ3) is 27.2. The summed E-state index contributed by atoms with van der Waals surface area (Å²) in [6.07, 6.45) is 8.64. The van der Waals surface area contributed by atoms with E-state index < -0.39 is 18.0 Å². The second-order valence-corrected chi connectivity index (χ2v) is 4.37. The van der Waals surface area contributed by atoms with Gasteiger partial charge in [-0.1, -0.05) is 45.4 Å². The Hall–Kier alpha value is -0.100. The van der Waals surface area contributed by atoms with Crippen molar-refractivity contribution >= 4 is 11.9 Å². The van der Waals surface area contributed by atoms with Crippen molar-refractivity contribution in [1.82, 2.24) is 0 Å². The summed E-state index contributed by atoms with van der Waals surface area (Å²) in [7, 11) is 0. The Kier molecular flexibility index (Phi) is 22.6. The van der Waals surface area contributed by atoms with Crippen LogP contribution in [-0.2, 0) is 9.59 Å². The number of aliphatic carboxylic acids is 2. The van der Waals surface area contributed by atoms with Crippen LogP contribution in [0.5, 0.6) is 0 Å². The molecule has 0 amide bonds. The molecule has 0 aliphatic carbocycles. The maximum absolute atomic E-state index is 10.1. The van der Waals surface area contributed by atoms with Crippen LogP contribution in [0.15, 0.2) is 0 Å². The number of hydrogen-bond donors (Lipinski definition) is 2. The minimum atomic E-state index is -1.21. The van der Waals surface area contributed by atoms with Gasteiger partial charge in [-0.25, -0.2) is 0 Å². The monoisotopic (exact) mass is 283 g/mol. The van der Waals surface area contributed by atoms with Crippen molar-refractivity contribution in [1.29, 1.82) is 0 Å². The molecule has 3 N–H and O–H groups in total. The van der Waals surface area contributed by atoms with Gasteiger partial charge in [0.05, 0.1) is 5.97 Å². The molecular weight excluding hydrogens is 257 g/mol. The van der Waals surface area contributed by atoms with E-state index in [4.69, 9.17) is 10.8 Å². The van der Waals surface area contributed by atoms with Crippen molar-refractivity contribution in [2.75, 3.05) is 0 Å². The second kappa shape index (κ2) is 17.9. The first kappa shape index (κ1) is 24.0. The molecular formula is C13H26NNaO4. The fourth-order valence-corrected chi connectivity index (χ4v) is 1.23. The van der Waals surface area contributed by atoms with Gasteiger partial charge in [0.15, 0.2) is 0 Å². The van der Waals surface area contributed by atoms with Gasteiger partial charge in [-0.2, -0.15) is 0 Å². The average molecular weight is 283 g/mol. The van der Waals surface area contributed by atoms with Crippen LogP contribution in [0.2, 0.25) is 0 Å². The van der Waals surface area contributed by atoms with Gasteiger partial charge in [0.1, 0.15) is 0 Å². The van der Waals surface area contributed by atoms with Crippen LogP contribution in [0.4, 0.5) is 0 Å². The Morgan fingerprint density at radius 2 is 1.47 bits per heavy atom. The molecule has 0 aromatic rings. The first-order valence-electron chi connectivity index (χ1n) is 6.60. The molecule has 5 nitrogen and oxygen atoms in total. The normalized spacial score (nSPS) is 10.7. The van der Waals surface area contributed by atoms with E-state index in [-0.39, 0.29) is 29.6 Å². The standard InChI is InChI=1S/C10H20O2.C3H7NO2.Na/c1-2-3-4-5-6-7-8-9-10(11)12;1-2(4)3(5)6;/h2-9H2,1H3,(H,11,12);2H,4H2,1H3,(H,5,6);/q;;+1/p-1/t;2-;/m.0./s1. The number of nitrogens with two attached hydrogens (primary N) is 1. The van der Waals surface area contributed by atoms with Gasteiger partial charge >= 0.3 is 35.5 Å². The Labute approximate surface area is 138 Å². The van der Waals surface area contributed by atoms with Crippen molar-refractivity contribution < 1.29 is 49.4 Å². The van der Waals surface area contributed by atoms with Crippen LogP contribution in [0.3, 0.4) is 0 Å². The molecule has 0 aromatic carbocycles. The number of rotatable bonds is 9. The predicted octanol–water partition coefficient (Wildman–Crippen LogP) is -1.70. The zero-order chi connectivity index (χ0) is 14.4. The smallest absolute Gasteiger partial charge is 0.548 e. The zero-order valence-electron chi connectivity index (χ0n) is 12.5. The predicted molar refractivity (Wildman–Crippen MR) is 68.9 cm³/mol. The molecule has 19 heavy (non-hydrogen) atoms. The van der Waals surface area contributed by atoms with Gasteiger partial charge in [-0.3, -0.25) is 4.79 Å². The van der Waals surface area contributed by atoms with E-state index in [0.29, 0.717) is 6.42 Å². The molecule has 1 atom stereocenters. The molecule has 0 bridgehead atoms. The fourth-order valence-electron chi connectivity index (χ4n) is 1.23. The summed E-state index contributed by atoms with van der Waals surface area (Å²) >= 11 is 0. The van der Waals surface area contributed by atoms with E-state index in [9.17, 15) is 14.7 Å². The molecule has 0 aliphatic rings. The molecule has 0 aromatic heterocycles. The summed E-state index contributed by atoms with van der Waals surface area (Å²) in [5, 5.41) is 17.8. The Morgan fingerprint density at radius 1 is 1.11 bits per heavy atom. The van der Waals surface area contributed by atoms with Crippen LogP contribution >= 0.6 is 0 Å². The van der Waals surface area contributed by atoms with Gasteiger partial charge in [0.25, 0.3) is 0 Å². The van der Waals surface area contributed by atoms with Crippen LogP contribution in [0.1, 0.15) is 65.2 Å². The molecule has 0 spiro atoms. The largest absolute Gasteiger partial charge is 1.00 e. The van der Waals surface area contributed by atoms with Gasteiger partial charge in [-0.05, 0) is 13.3 Å². The average Bonchev–Trinajstić information content (AvgIpc) is 2.28. The van der Waals surface area contributed by atoms with Crippen molar-refractivity contribution in [2.24, 2.45) is 5.73 Å².